The summed E-state index contributed by atoms with van der Waals surface area (Å²) in [5, 5.41) is 3.09. The van der Waals surface area contributed by atoms with Crippen molar-refractivity contribution in [2.75, 3.05) is 5.73 Å². The van der Waals surface area contributed by atoms with E-state index in [2.05, 4.69) is 31.0 Å². The van der Waals surface area contributed by atoms with E-state index in [1.807, 2.05) is 12.1 Å². The maximum Gasteiger partial charge on any atom is 0.142 e. The standard InChI is InChI=1S/C20H19N5S2/c1-10-11(2)27-20-16(10)17(21)23-15(24-20)9-26-19-13-5-3-4-6-14(13)22-18(25-19)12-7-8-12/h3-6,12H,7-9H2,1-2H3,(H2,21,23,24). The molecule has 1 fully saturated rings. The van der Waals surface area contributed by atoms with Crippen molar-refractivity contribution in [3.63, 3.8) is 0 Å². The molecule has 3 aromatic heterocycles. The summed E-state index contributed by atoms with van der Waals surface area (Å²) in [6, 6.07) is 8.20. The molecule has 7 heteroatoms. The van der Waals surface area contributed by atoms with Crippen molar-refractivity contribution in [1.82, 2.24) is 19.9 Å². The molecule has 0 atom stereocenters. The van der Waals surface area contributed by atoms with Gasteiger partial charge in [0.25, 0.3) is 0 Å². The predicted octanol–water partition coefficient (Wildman–Crippen LogP) is 5.00. The van der Waals surface area contributed by atoms with E-state index in [0.29, 0.717) is 17.5 Å². The fourth-order valence-electron chi connectivity index (χ4n) is 3.22. The molecule has 0 bridgehead atoms. The maximum atomic E-state index is 6.22. The monoisotopic (exact) mass is 393 g/mol. The molecule has 0 spiro atoms. The average Bonchev–Trinajstić information content (AvgIpc) is 3.46. The van der Waals surface area contributed by atoms with E-state index >= 15 is 0 Å². The zero-order valence-electron chi connectivity index (χ0n) is 15.2. The number of fused-ring (bicyclic) bond motifs is 2. The van der Waals surface area contributed by atoms with Crippen LogP contribution in [0.1, 0.15) is 40.8 Å². The molecule has 4 aromatic rings. The smallest absolute Gasteiger partial charge is 0.142 e. The van der Waals surface area contributed by atoms with Crippen molar-refractivity contribution in [2.45, 2.75) is 43.4 Å². The van der Waals surface area contributed by atoms with Gasteiger partial charge < -0.3 is 5.73 Å². The van der Waals surface area contributed by atoms with Crippen LogP contribution >= 0.6 is 23.1 Å². The van der Waals surface area contributed by atoms with E-state index in [9.17, 15) is 0 Å². The van der Waals surface area contributed by atoms with Gasteiger partial charge in [-0.1, -0.05) is 30.0 Å². The number of para-hydroxylation sites is 1. The van der Waals surface area contributed by atoms with Crippen molar-refractivity contribution in [3.05, 3.63) is 46.4 Å². The molecule has 0 radical (unpaired) electrons. The highest BCUT2D eigenvalue weighted by Gasteiger charge is 2.27. The summed E-state index contributed by atoms with van der Waals surface area (Å²) in [6.07, 6.45) is 2.38. The predicted molar refractivity (Wildman–Crippen MR) is 112 cm³/mol. The SMILES string of the molecule is Cc1sc2nc(CSc3nc(C4CC4)nc4ccccc34)nc(N)c2c1C. The second-order valence-electron chi connectivity index (χ2n) is 6.96. The third-order valence-electron chi connectivity index (χ3n) is 4.97. The van der Waals surface area contributed by atoms with Crippen molar-refractivity contribution in [3.8, 4) is 0 Å². The number of aryl methyl sites for hydroxylation is 2. The fourth-order valence-corrected chi connectivity index (χ4v) is 5.16. The number of thiophene rings is 1. The van der Waals surface area contributed by atoms with Gasteiger partial charge in [0.05, 0.1) is 16.7 Å². The highest BCUT2D eigenvalue weighted by atomic mass is 32.2. The first-order valence-electron chi connectivity index (χ1n) is 9.01. The van der Waals surface area contributed by atoms with Crippen molar-refractivity contribution < 1.29 is 0 Å². The van der Waals surface area contributed by atoms with Crippen molar-refractivity contribution in [2.24, 2.45) is 0 Å². The molecule has 5 rings (SSSR count). The lowest BCUT2D eigenvalue weighted by molar-refractivity contribution is 0.904. The summed E-state index contributed by atoms with van der Waals surface area (Å²) in [6.45, 7) is 4.18. The van der Waals surface area contributed by atoms with Crippen LogP contribution in [0.15, 0.2) is 29.3 Å². The summed E-state index contributed by atoms with van der Waals surface area (Å²) < 4.78 is 0. The molecule has 27 heavy (non-hydrogen) atoms. The summed E-state index contributed by atoms with van der Waals surface area (Å²) >= 11 is 3.34. The number of nitrogens with zero attached hydrogens (tertiary/aromatic N) is 4. The molecule has 0 aliphatic heterocycles. The Balaban J connectivity index is 1.50. The van der Waals surface area contributed by atoms with E-state index in [4.69, 9.17) is 20.7 Å². The van der Waals surface area contributed by atoms with Gasteiger partial charge >= 0.3 is 0 Å². The third-order valence-corrected chi connectivity index (χ3v) is 7.06. The molecule has 1 aromatic carbocycles. The quantitative estimate of drug-likeness (QED) is 0.388. The molecular formula is C20H19N5S2. The van der Waals surface area contributed by atoms with Gasteiger partial charge in [0, 0.05) is 16.2 Å². The molecule has 0 saturated heterocycles. The van der Waals surface area contributed by atoms with E-state index in [-0.39, 0.29) is 0 Å². The number of benzene rings is 1. The first kappa shape index (κ1) is 16.9. The first-order chi connectivity index (χ1) is 13.1. The Kier molecular flexibility index (Phi) is 4.02. The van der Waals surface area contributed by atoms with E-state index < -0.39 is 0 Å². The van der Waals surface area contributed by atoms with Gasteiger partial charge in [0.2, 0.25) is 0 Å². The molecule has 0 amide bonds. The number of rotatable bonds is 4. The molecule has 1 saturated carbocycles. The van der Waals surface area contributed by atoms with Crippen LogP contribution in [0.2, 0.25) is 0 Å². The van der Waals surface area contributed by atoms with Crippen molar-refractivity contribution >= 4 is 50.0 Å². The number of thioether (sulfide) groups is 1. The van der Waals surface area contributed by atoms with Gasteiger partial charge in [-0.05, 0) is 38.3 Å². The number of anilines is 1. The topological polar surface area (TPSA) is 77.6 Å². The molecule has 136 valence electrons. The molecule has 1 aliphatic carbocycles. The van der Waals surface area contributed by atoms with Gasteiger partial charge in [-0.15, -0.1) is 11.3 Å². The lowest BCUT2D eigenvalue weighted by Gasteiger charge is -2.08. The molecule has 1 aliphatic rings. The molecule has 0 unspecified atom stereocenters. The summed E-state index contributed by atoms with van der Waals surface area (Å²) in [7, 11) is 0. The first-order valence-corrected chi connectivity index (χ1v) is 10.8. The Morgan fingerprint density at radius 3 is 2.74 bits per heavy atom. The van der Waals surface area contributed by atoms with E-state index in [1.165, 1.54) is 23.3 Å². The maximum absolute atomic E-state index is 6.22. The highest BCUT2D eigenvalue weighted by molar-refractivity contribution is 7.98. The van der Waals surface area contributed by atoms with Gasteiger partial charge in [0.1, 0.15) is 27.3 Å². The third kappa shape index (κ3) is 3.04. The van der Waals surface area contributed by atoms with Gasteiger partial charge in [-0.25, -0.2) is 19.9 Å². The van der Waals surface area contributed by atoms with Crippen LogP contribution in [0.25, 0.3) is 21.1 Å². The van der Waals surface area contributed by atoms with Gasteiger partial charge in [0.15, 0.2) is 0 Å². The fraction of sp³-hybridized carbons (Fsp3) is 0.300. The number of hydrogen-bond donors (Lipinski definition) is 1. The summed E-state index contributed by atoms with van der Waals surface area (Å²) in [5.41, 5.74) is 8.42. The van der Waals surface area contributed by atoms with Crippen LogP contribution in [-0.2, 0) is 5.75 Å². The van der Waals surface area contributed by atoms with E-state index in [1.54, 1.807) is 23.1 Å². The van der Waals surface area contributed by atoms with Crippen LogP contribution in [0.4, 0.5) is 5.82 Å². The lowest BCUT2D eigenvalue weighted by Crippen LogP contribution is -2.00. The highest BCUT2D eigenvalue weighted by Crippen LogP contribution is 2.40. The molecule has 3 heterocycles. The largest absolute Gasteiger partial charge is 0.383 e. The minimum absolute atomic E-state index is 0.522. The van der Waals surface area contributed by atoms with Crippen LogP contribution in [-0.4, -0.2) is 19.9 Å². The zero-order chi connectivity index (χ0) is 18.5. The van der Waals surface area contributed by atoms with Crippen LogP contribution < -0.4 is 5.73 Å². The number of aromatic nitrogens is 4. The van der Waals surface area contributed by atoms with E-state index in [0.717, 1.165) is 37.8 Å². The van der Waals surface area contributed by atoms with Crippen LogP contribution in [0, 0.1) is 13.8 Å². The normalized spacial score (nSPS) is 14.3. The van der Waals surface area contributed by atoms with Crippen molar-refractivity contribution in [1.29, 1.82) is 0 Å². The minimum Gasteiger partial charge on any atom is -0.383 e. The minimum atomic E-state index is 0.522. The molecular weight excluding hydrogens is 374 g/mol. The Bertz CT molecular complexity index is 1180. The van der Waals surface area contributed by atoms with Crippen LogP contribution in [0.5, 0.6) is 0 Å². The van der Waals surface area contributed by atoms with Gasteiger partial charge in [-0.2, -0.15) is 0 Å². The lowest BCUT2D eigenvalue weighted by atomic mass is 10.2. The Morgan fingerprint density at radius 1 is 1.11 bits per heavy atom. The van der Waals surface area contributed by atoms with Crippen LogP contribution in [0.3, 0.4) is 0 Å². The Labute approximate surface area is 165 Å². The Hall–Kier alpha value is -2.25. The Morgan fingerprint density at radius 2 is 1.93 bits per heavy atom. The molecule has 5 nitrogen and oxygen atoms in total. The average molecular weight is 394 g/mol. The number of nitrogens with two attached hydrogens (primary N) is 1. The second kappa shape index (κ2) is 6.42. The number of hydrogen-bond acceptors (Lipinski definition) is 7. The van der Waals surface area contributed by atoms with Gasteiger partial charge in [-0.3, -0.25) is 0 Å². The zero-order valence-corrected chi connectivity index (χ0v) is 16.8. The summed E-state index contributed by atoms with van der Waals surface area (Å²) in [4.78, 5) is 21.1. The second-order valence-corrected chi connectivity index (χ2v) is 9.12. The summed E-state index contributed by atoms with van der Waals surface area (Å²) in [5.74, 6) is 3.46. The number of nitrogen functional groups attached to an aromatic ring is 1. The molecule has 2 N–H and O–H groups in total.